The van der Waals surface area contributed by atoms with Crippen molar-refractivity contribution in [3.63, 3.8) is 0 Å². The van der Waals surface area contributed by atoms with Crippen LogP contribution in [0.15, 0.2) is 61.1 Å². The lowest BCUT2D eigenvalue weighted by Gasteiger charge is -2.42. The zero-order valence-electron chi connectivity index (χ0n) is 21.6. The molecule has 0 spiro atoms. The van der Waals surface area contributed by atoms with Gasteiger partial charge in [0.15, 0.2) is 0 Å². The van der Waals surface area contributed by atoms with Gasteiger partial charge in [0.25, 0.3) is 5.91 Å². The van der Waals surface area contributed by atoms with Gasteiger partial charge >= 0.3 is 0 Å². The van der Waals surface area contributed by atoms with Crippen molar-refractivity contribution in [2.75, 3.05) is 25.1 Å². The Balaban J connectivity index is 1.40. The van der Waals surface area contributed by atoms with Crippen LogP contribution in [0, 0.1) is 6.92 Å². The van der Waals surface area contributed by atoms with Gasteiger partial charge in [-0.3, -0.25) is 14.8 Å². The van der Waals surface area contributed by atoms with Crippen LogP contribution in [0.2, 0.25) is 0 Å². The summed E-state index contributed by atoms with van der Waals surface area (Å²) in [7, 11) is 1.70. The number of benzene rings is 1. The van der Waals surface area contributed by atoms with Gasteiger partial charge in [-0.25, -0.2) is 0 Å². The molecule has 1 fully saturated rings. The summed E-state index contributed by atoms with van der Waals surface area (Å²) >= 11 is 0. The summed E-state index contributed by atoms with van der Waals surface area (Å²) in [6, 6.07) is 15.2. The number of ether oxygens (including phenoxy) is 1. The maximum atomic E-state index is 11.9. The third-order valence-corrected chi connectivity index (χ3v) is 7.33. The lowest BCUT2D eigenvalue weighted by atomic mass is 9.97. The van der Waals surface area contributed by atoms with Crippen LogP contribution in [0.1, 0.15) is 53.4 Å². The number of amides is 1. The minimum Gasteiger partial charge on any atom is -0.497 e. The summed E-state index contributed by atoms with van der Waals surface area (Å²) in [6.45, 7) is 7.09. The lowest BCUT2D eigenvalue weighted by molar-refractivity contribution is 0.0998. The van der Waals surface area contributed by atoms with Crippen LogP contribution < -0.4 is 15.4 Å². The summed E-state index contributed by atoms with van der Waals surface area (Å²) in [5.74, 6) is 0.475. The number of anilines is 1. The molecule has 2 N–H and O–H groups in total. The first kappa shape index (κ1) is 25.6. The molecule has 3 heterocycles. The standard InChI is InChI=1S/C29H37N5O2/c1-21-12-16-32-27(28(21)29(30)35)11-6-22(2)33-17-13-25(14-18-33)34(20-23-5-4-15-31-19-23)24-7-9-26(36-3)10-8-24/h4-5,7-10,12,15-16,19,22,25H,6,11,13-14,17-18,20H2,1-3H3,(H2,30,35)/t22-/m1/s1. The topological polar surface area (TPSA) is 84.6 Å². The maximum Gasteiger partial charge on any atom is 0.250 e. The molecular formula is C29H37N5O2. The molecule has 0 unspecified atom stereocenters. The van der Waals surface area contributed by atoms with E-state index in [1.165, 1.54) is 11.3 Å². The highest BCUT2D eigenvalue weighted by atomic mass is 16.5. The smallest absolute Gasteiger partial charge is 0.250 e. The number of methoxy groups -OCH3 is 1. The number of piperidine rings is 1. The number of nitrogens with zero attached hydrogens (tertiary/aromatic N) is 4. The number of nitrogens with two attached hydrogens (primary N) is 1. The van der Waals surface area contributed by atoms with E-state index < -0.39 is 5.91 Å². The number of rotatable bonds is 10. The second kappa shape index (κ2) is 12.0. The van der Waals surface area contributed by atoms with Crippen molar-refractivity contribution in [3.05, 3.63) is 83.4 Å². The van der Waals surface area contributed by atoms with E-state index >= 15 is 0 Å². The second-order valence-electron chi connectivity index (χ2n) is 9.66. The number of primary amides is 1. The van der Waals surface area contributed by atoms with Crippen LogP contribution in [-0.4, -0.2) is 53.1 Å². The van der Waals surface area contributed by atoms with Gasteiger partial charge in [-0.15, -0.1) is 0 Å². The molecular weight excluding hydrogens is 450 g/mol. The van der Waals surface area contributed by atoms with E-state index in [0.717, 1.165) is 62.3 Å². The molecule has 1 aliphatic heterocycles. The predicted molar refractivity (Wildman–Crippen MR) is 143 cm³/mol. The Labute approximate surface area is 214 Å². The van der Waals surface area contributed by atoms with Crippen molar-refractivity contribution in [3.8, 4) is 5.75 Å². The first-order chi connectivity index (χ1) is 17.5. The van der Waals surface area contributed by atoms with Gasteiger partial charge in [0, 0.05) is 56.0 Å². The van der Waals surface area contributed by atoms with Gasteiger partial charge in [0.05, 0.1) is 18.4 Å². The quantitative estimate of drug-likeness (QED) is 0.457. The SMILES string of the molecule is COc1ccc(N(Cc2cccnc2)C2CCN([C@H](C)CCc3nccc(C)c3C(N)=O)CC2)cc1. The van der Waals surface area contributed by atoms with Gasteiger partial charge < -0.3 is 20.3 Å². The fourth-order valence-corrected chi connectivity index (χ4v) is 5.20. The average Bonchev–Trinajstić information content (AvgIpc) is 2.91. The molecule has 1 saturated heterocycles. The Kier molecular flexibility index (Phi) is 8.54. The molecule has 3 aromatic rings. The molecule has 1 aromatic carbocycles. The van der Waals surface area contributed by atoms with Gasteiger partial charge in [0.2, 0.25) is 0 Å². The maximum absolute atomic E-state index is 11.9. The average molecular weight is 488 g/mol. The molecule has 0 saturated carbocycles. The van der Waals surface area contributed by atoms with E-state index in [2.05, 4.69) is 44.9 Å². The van der Waals surface area contributed by atoms with Crippen LogP contribution >= 0.6 is 0 Å². The summed E-state index contributed by atoms with van der Waals surface area (Å²) < 4.78 is 5.37. The molecule has 7 heteroatoms. The van der Waals surface area contributed by atoms with E-state index in [1.807, 2.05) is 43.6 Å². The van der Waals surface area contributed by atoms with Gasteiger partial charge in [-0.2, -0.15) is 0 Å². The van der Waals surface area contributed by atoms with Crippen LogP contribution in [0.25, 0.3) is 0 Å². The van der Waals surface area contributed by atoms with Crippen LogP contribution in [-0.2, 0) is 13.0 Å². The van der Waals surface area contributed by atoms with Crippen LogP contribution in [0.3, 0.4) is 0 Å². The van der Waals surface area contributed by atoms with Gasteiger partial charge in [-0.1, -0.05) is 6.07 Å². The van der Waals surface area contributed by atoms with Crippen molar-refractivity contribution in [2.24, 2.45) is 5.73 Å². The first-order valence-corrected chi connectivity index (χ1v) is 12.7. The number of pyridine rings is 2. The Morgan fingerprint density at radius 1 is 1.17 bits per heavy atom. The molecule has 7 nitrogen and oxygen atoms in total. The number of carbonyl (C=O) groups is 1. The van der Waals surface area contributed by atoms with Crippen LogP contribution in [0.5, 0.6) is 5.75 Å². The molecule has 1 atom stereocenters. The molecule has 190 valence electrons. The van der Waals surface area contributed by atoms with Crippen molar-refractivity contribution < 1.29 is 9.53 Å². The highest BCUT2D eigenvalue weighted by Crippen LogP contribution is 2.28. The molecule has 1 amide bonds. The zero-order valence-corrected chi connectivity index (χ0v) is 21.6. The Hall–Kier alpha value is -3.45. The number of aryl methyl sites for hydroxylation is 2. The zero-order chi connectivity index (χ0) is 25.5. The molecule has 0 aliphatic carbocycles. The Bertz CT molecular complexity index is 1130. The van der Waals surface area contributed by atoms with E-state index in [-0.39, 0.29) is 0 Å². The normalized spacial score (nSPS) is 15.4. The molecule has 36 heavy (non-hydrogen) atoms. The summed E-state index contributed by atoms with van der Waals surface area (Å²) in [6.07, 6.45) is 9.41. The van der Waals surface area contributed by atoms with Crippen LogP contribution in [0.4, 0.5) is 5.69 Å². The monoisotopic (exact) mass is 487 g/mol. The number of carbonyl (C=O) groups excluding carboxylic acids is 1. The predicted octanol–water partition coefficient (Wildman–Crippen LogP) is 4.38. The van der Waals surface area contributed by atoms with Crippen molar-refractivity contribution in [1.29, 1.82) is 0 Å². The van der Waals surface area contributed by atoms with E-state index in [1.54, 1.807) is 13.3 Å². The second-order valence-corrected chi connectivity index (χ2v) is 9.66. The number of hydrogen-bond acceptors (Lipinski definition) is 6. The minimum atomic E-state index is -0.392. The third-order valence-electron chi connectivity index (χ3n) is 7.33. The van der Waals surface area contributed by atoms with E-state index in [4.69, 9.17) is 10.5 Å². The van der Waals surface area contributed by atoms with E-state index in [9.17, 15) is 4.79 Å². The fraction of sp³-hybridized carbons (Fsp3) is 0.414. The first-order valence-electron chi connectivity index (χ1n) is 12.7. The molecule has 0 radical (unpaired) electrons. The summed E-state index contributed by atoms with van der Waals surface area (Å²) in [5, 5.41) is 0. The van der Waals surface area contributed by atoms with Crippen molar-refractivity contribution in [2.45, 2.75) is 58.2 Å². The lowest BCUT2D eigenvalue weighted by Crippen LogP contribution is -2.47. The molecule has 2 aromatic heterocycles. The number of aromatic nitrogens is 2. The number of likely N-dealkylation sites (tertiary alicyclic amines) is 1. The third kappa shape index (κ3) is 6.21. The molecule has 1 aliphatic rings. The van der Waals surface area contributed by atoms with Gasteiger partial charge in [0.1, 0.15) is 5.75 Å². The van der Waals surface area contributed by atoms with Crippen molar-refractivity contribution >= 4 is 11.6 Å². The van der Waals surface area contributed by atoms with E-state index in [0.29, 0.717) is 17.6 Å². The molecule has 4 rings (SSSR count). The van der Waals surface area contributed by atoms with Crippen molar-refractivity contribution in [1.82, 2.24) is 14.9 Å². The highest BCUT2D eigenvalue weighted by molar-refractivity contribution is 5.95. The minimum absolute atomic E-state index is 0.392. The Morgan fingerprint density at radius 3 is 2.56 bits per heavy atom. The fourth-order valence-electron chi connectivity index (χ4n) is 5.20. The highest BCUT2D eigenvalue weighted by Gasteiger charge is 2.27. The van der Waals surface area contributed by atoms with Gasteiger partial charge in [-0.05, 0) is 87.1 Å². The Morgan fingerprint density at radius 2 is 1.92 bits per heavy atom. The largest absolute Gasteiger partial charge is 0.497 e. The summed E-state index contributed by atoms with van der Waals surface area (Å²) in [5.41, 5.74) is 10.3. The summed E-state index contributed by atoms with van der Waals surface area (Å²) in [4.78, 5) is 25.8. The molecule has 0 bridgehead atoms. The number of hydrogen-bond donors (Lipinski definition) is 1.